The minimum Gasteiger partial charge on any atom is -0.361 e. The number of para-hydroxylation sites is 1. The van der Waals surface area contributed by atoms with Crippen molar-refractivity contribution in [1.82, 2.24) is 20.1 Å². The lowest BCUT2D eigenvalue weighted by atomic mass is 9.73. The van der Waals surface area contributed by atoms with Crippen LogP contribution in [0.5, 0.6) is 0 Å². The van der Waals surface area contributed by atoms with Crippen molar-refractivity contribution in [3.63, 3.8) is 0 Å². The summed E-state index contributed by atoms with van der Waals surface area (Å²) in [6.07, 6.45) is 7.54. The second-order valence-corrected chi connectivity index (χ2v) is 13.4. The molecule has 1 spiro atoms. The number of aromatic nitrogens is 1. The van der Waals surface area contributed by atoms with Gasteiger partial charge in [0, 0.05) is 67.6 Å². The van der Waals surface area contributed by atoms with Crippen molar-refractivity contribution in [1.29, 1.82) is 0 Å². The summed E-state index contributed by atoms with van der Waals surface area (Å²) in [4.78, 5) is 48.1. The molecule has 228 valence electrons. The van der Waals surface area contributed by atoms with Crippen LogP contribution in [-0.4, -0.2) is 71.8 Å². The normalized spacial score (nSPS) is 24.4. The predicted octanol–water partition coefficient (Wildman–Crippen LogP) is 4.41. The number of likely N-dealkylation sites (N-methyl/N-ethyl adjacent to an activating group) is 1. The van der Waals surface area contributed by atoms with Crippen LogP contribution >= 0.6 is 0 Å². The number of nitrogens with one attached hydrogen (secondary N) is 2. The van der Waals surface area contributed by atoms with E-state index in [1.807, 2.05) is 56.4 Å². The smallest absolute Gasteiger partial charge is 0.245 e. The first-order chi connectivity index (χ1) is 20.7. The highest BCUT2D eigenvalue weighted by molar-refractivity contribution is 5.91. The van der Waals surface area contributed by atoms with Gasteiger partial charge in [-0.3, -0.25) is 14.4 Å². The number of carbonyl (C=O) groups excluding carboxylic acids is 3. The highest BCUT2D eigenvalue weighted by Gasteiger charge is 2.49. The van der Waals surface area contributed by atoms with Gasteiger partial charge in [-0.05, 0) is 67.7 Å². The molecule has 2 aliphatic carbocycles. The third kappa shape index (κ3) is 5.46. The molecule has 1 aromatic heterocycles. The van der Waals surface area contributed by atoms with Gasteiger partial charge in [0.05, 0.1) is 5.92 Å². The first-order valence-corrected chi connectivity index (χ1v) is 15.9. The molecule has 6 rings (SSSR count). The van der Waals surface area contributed by atoms with Crippen LogP contribution < -0.4 is 11.1 Å². The van der Waals surface area contributed by atoms with E-state index in [0.717, 1.165) is 67.0 Å². The summed E-state index contributed by atoms with van der Waals surface area (Å²) in [5.74, 6) is -0.409. The average molecular weight is 584 g/mol. The van der Waals surface area contributed by atoms with E-state index in [2.05, 4.69) is 34.6 Å². The Labute approximate surface area is 254 Å². The molecule has 1 saturated carbocycles. The maximum Gasteiger partial charge on any atom is 0.245 e. The summed E-state index contributed by atoms with van der Waals surface area (Å²) in [5.41, 5.74) is 10.4. The number of aromatic amines is 1. The van der Waals surface area contributed by atoms with Gasteiger partial charge < -0.3 is 25.8 Å². The Kier molecular flexibility index (Phi) is 8.07. The largest absolute Gasteiger partial charge is 0.361 e. The van der Waals surface area contributed by atoms with Crippen LogP contribution in [0.4, 0.5) is 0 Å². The second kappa shape index (κ2) is 11.8. The minimum atomic E-state index is -0.671. The zero-order valence-corrected chi connectivity index (χ0v) is 25.6. The highest BCUT2D eigenvalue weighted by atomic mass is 16.2. The summed E-state index contributed by atoms with van der Waals surface area (Å²) in [6, 6.07) is 15.9. The van der Waals surface area contributed by atoms with E-state index in [9.17, 15) is 14.4 Å². The van der Waals surface area contributed by atoms with Crippen molar-refractivity contribution in [3.05, 3.63) is 71.4 Å². The summed E-state index contributed by atoms with van der Waals surface area (Å²) < 4.78 is 0. The Morgan fingerprint density at radius 2 is 1.67 bits per heavy atom. The summed E-state index contributed by atoms with van der Waals surface area (Å²) in [6.45, 7) is 3.24. The molecule has 8 heteroatoms. The fourth-order valence-electron chi connectivity index (χ4n) is 7.96. The average Bonchev–Trinajstić information content (AvgIpc) is 3.59. The Hall–Kier alpha value is -3.65. The fraction of sp³-hybridized carbons (Fsp3) is 0.514. The molecule has 2 heterocycles. The van der Waals surface area contributed by atoms with Crippen molar-refractivity contribution >= 4 is 28.6 Å². The molecule has 2 fully saturated rings. The number of amides is 3. The Morgan fingerprint density at radius 3 is 2.40 bits per heavy atom. The van der Waals surface area contributed by atoms with Crippen molar-refractivity contribution in [2.45, 2.75) is 81.2 Å². The third-order valence-electron chi connectivity index (χ3n) is 10.6. The van der Waals surface area contributed by atoms with Gasteiger partial charge in [-0.2, -0.15) is 0 Å². The van der Waals surface area contributed by atoms with E-state index < -0.39 is 6.04 Å². The first-order valence-electron chi connectivity index (χ1n) is 15.9. The summed E-state index contributed by atoms with van der Waals surface area (Å²) >= 11 is 0. The lowest BCUT2D eigenvalue weighted by molar-refractivity contribution is -0.139. The van der Waals surface area contributed by atoms with E-state index in [1.54, 1.807) is 4.90 Å². The molecule has 0 bridgehead atoms. The topological polar surface area (TPSA) is 112 Å². The number of fused-ring (bicyclic) bond motifs is 3. The molecule has 1 saturated heterocycles. The van der Waals surface area contributed by atoms with E-state index in [1.165, 1.54) is 5.56 Å². The molecule has 3 aliphatic rings. The van der Waals surface area contributed by atoms with Crippen LogP contribution in [0.3, 0.4) is 0 Å². The van der Waals surface area contributed by atoms with Gasteiger partial charge in [0.1, 0.15) is 6.04 Å². The fourth-order valence-corrected chi connectivity index (χ4v) is 7.96. The van der Waals surface area contributed by atoms with E-state index in [-0.39, 0.29) is 46.9 Å². The number of likely N-dealkylation sites (tertiary alicyclic amines) is 1. The second-order valence-electron chi connectivity index (χ2n) is 13.4. The van der Waals surface area contributed by atoms with E-state index >= 15 is 0 Å². The van der Waals surface area contributed by atoms with Crippen LogP contribution in [-0.2, 0) is 19.8 Å². The van der Waals surface area contributed by atoms with Crippen molar-refractivity contribution in [3.8, 4) is 0 Å². The molecule has 0 radical (unpaired) electrons. The van der Waals surface area contributed by atoms with Crippen LogP contribution in [0.1, 0.15) is 80.4 Å². The first kappa shape index (κ1) is 29.4. The molecule has 4 N–H and O–H groups in total. The summed E-state index contributed by atoms with van der Waals surface area (Å²) in [7, 11) is 3.64. The molecule has 1 aliphatic heterocycles. The zero-order chi connectivity index (χ0) is 30.3. The Balaban J connectivity index is 1.23. The molecule has 2 aromatic carbocycles. The maximum atomic E-state index is 14.4. The number of hydrogen-bond acceptors (Lipinski definition) is 4. The molecule has 3 aromatic rings. The molecular formula is C35H45N5O3. The number of hydrogen-bond donors (Lipinski definition) is 3. The molecule has 43 heavy (non-hydrogen) atoms. The van der Waals surface area contributed by atoms with Crippen LogP contribution in [0.25, 0.3) is 10.9 Å². The number of nitrogens with zero attached hydrogens (tertiary/aromatic N) is 2. The highest BCUT2D eigenvalue weighted by Crippen LogP contribution is 2.52. The van der Waals surface area contributed by atoms with Gasteiger partial charge in [0.2, 0.25) is 17.7 Å². The van der Waals surface area contributed by atoms with Gasteiger partial charge in [0.15, 0.2) is 0 Å². The SMILES string of the molecule is C[C@H](c1c[nH]c2ccccc12)C(NC(=O)C1CCC(N)CC1)C(=O)N1CCC2(CC1)C[C@@H](C(=O)N(C)C)c1ccccc12. The predicted molar refractivity (Wildman–Crippen MR) is 169 cm³/mol. The van der Waals surface area contributed by atoms with Gasteiger partial charge in [-0.1, -0.05) is 49.4 Å². The molecule has 1 unspecified atom stereocenters. The standard InChI is InChI=1S/C35H45N5O3/c1-22(28-21-37-30-11-7-5-9-26(28)30)31(38-32(41)23-12-14-24(36)15-13-23)34(43)40-18-16-35(17-19-40)20-27(33(42)39(2)3)25-8-4-6-10-29(25)35/h4-11,21-24,27,31,37H,12-20,36H2,1-3H3,(H,38,41)/t22-,23?,24?,27-,31?/m1/s1. The van der Waals surface area contributed by atoms with Gasteiger partial charge in [0.25, 0.3) is 0 Å². The van der Waals surface area contributed by atoms with Gasteiger partial charge in [-0.15, -0.1) is 0 Å². The number of nitrogens with two attached hydrogens (primary N) is 1. The molecule has 3 amide bonds. The van der Waals surface area contributed by atoms with Gasteiger partial charge >= 0.3 is 0 Å². The Bertz CT molecular complexity index is 1500. The maximum absolute atomic E-state index is 14.4. The number of H-pyrrole nitrogens is 1. The van der Waals surface area contributed by atoms with Crippen molar-refractivity contribution in [2.75, 3.05) is 27.2 Å². The molecule has 8 nitrogen and oxygen atoms in total. The van der Waals surface area contributed by atoms with E-state index in [0.29, 0.717) is 13.1 Å². The van der Waals surface area contributed by atoms with Gasteiger partial charge in [-0.25, -0.2) is 0 Å². The minimum absolute atomic E-state index is 0.0271. The Morgan fingerprint density at radius 1 is 1.00 bits per heavy atom. The molecular weight excluding hydrogens is 538 g/mol. The van der Waals surface area contributed by atoms with E-state index in [4.69, 9.17) is 5.73 Å². The van der Waals surface area contributed by atoms with Crippen molar-refractivity contribution < 1.29 is 14.4 Å². The number of carbonyl (C=O) groups is 3. The molecule has 3 atom stereocenters. The monoisotopic (exact) mass is 583 g/mol. The third-order valence-corrected chi connectivity index (χ3v) is 10.6. The van der Waals surface area contributed by atoms with Crippen LogP contribution in [0, 0.1) is 5.92 Å². The zero-order valence-electron chi connectivity index (χ0n) is 25.6. The van der Waals surface area contributed by atoms with Crippen LogP contribution in [0.2, 0.25) is 0 Å². The van der Waals surface area contributed by atoms with Crippen LogP contribution in [0.15, 0.2) is 54.7 Å². The number of benzene rings is 2. The summed E-state index contributed by atoms with van der Waals surface area (Å²) in [5, 5.41) is 4.30. The number of rotatable bonds is 6. The number of piperidine rings is 1. The van der Waals surface area contributed by atoms with Crippen molar-refractivity contribution in [2.24, 2.45) is 11.7 Å². The lowest BCUT2D eigenvalue weighted by Gasteiger charge is -2.42. The lowest BCUT2D eigenvalue weighted by Crippen LogP contribution is -2.55. The quantitative estimate of drug-likeness (QED) is 0.399.